The summed E-state index contributed by atoms with van der Waals surface area (Å²) in [5, 5.41) is 4.27. The number of hydrogen-bond acceptors (Lipinski definition) is 6. The lowest BCUT2D eigenvalue weighted by molar-refractivity contribution is 0.0762. The summed E-state index contributed by atoms with van der Waals surface area (Å²) in [7, 11) is 0. The van der Waals surface area contributed by atoms with Crippen LogP contribution in [0.5, 0.6) is 0 Å². The monoisotopic (exact) mass is 362 g/mol. The average Bonchev–Trinajstić information content (AvgIpc) is 2.99. The Balaban J connectivity index is 1.72. The number of anilines is 1. The van der Waals surface area contributed by atoms with Crippen LogP contribution in [0.3, 0.4) is 0 Å². The third kappa shape index (κ3) is 4.08. The van der Waals surface area contributed by atoms with Gasteiger partial charge in [0.15, 0.2) is 5.13 Å². The van der Waals surface area contributed by atoms with Gasteiger partial charge in [-0.1, -0.05) is 13.8 Å². The van der Waals surface area contributed by atoms with Crippen LogP contribution in [0.25, 0.3) is 0 Å². The summed E-state index contributed by atoms with van der Waals surface area (Å²) in [6, 6.07) is 3.74. The summed E-state index contributed by atoms with van der Waals surface area (Å²) >= 11 is 3.30. The van der Waals surface area contributed by atoms with E-state index in [1.807, 2.05) is 28.6 Å². The van der Waals surface area contributed by atoms with Crippen molar-refractivity contribution in [2.75, 3.05) is 31.1 Å². The second-order valence-corrected chi connectivity index (χ2v) is 8.41. The molecule has 24 heavy (non-hydrogen) atoms. The molecule has 128 valence electrons. The number of thiazole rings is 1. The van der Waals surface area contributed by atoms with Crippen molar-refractivity contribution in [2.24, 2.45) is 0 Å². The first kappa shape index (κ1) is 17.2. The van der Waals surface area contributed by atoms with E-state index in [4.69, 9.17) is 0 Å². The van der Waals surface area contributed by atoms with Gasteiger partial charge in [-0.3, -0.25) is 4.79 Å². The van der Waals surface area contributed by atoms with Gasteiger partial charge in [0.05, 0.1) is 5.56 Å². The number of carbonyl (C=O) groups is 1. The van der Waals surface area contributed by atoms with Gasteiger partial charge in [-0.25, -0.2) is 9.97 Å². The number of aromatic nitrogens is 2. The Kier molecular flexibility index (Phi) is 5.73. The summed E-state index contributed by atoms with van der Waals surface area (Å²) in [5.74, 6) is 0.0900. The summed E-state index contributed by atoms with van der Waals surface area (Å²) in [5.41, 5.74) is 0.721. The second kappa shape index (κ2) is 7.98. The van der Waals surface area contributed by atoms with Gasteiger partial charge in [0.25, 0.3) is 5.91 Å². The molecule has 0 unspecified atom stereocenters. The largest absolute Gasteiger partial charge is 0.346 e. The zero-order valence-corrected chi connectivity index (χ0v) is 15.6. The van der Waals surface area contributed by atoms with E-state index < -0.39 is 0 Å². The van der Waals surface area contributed by atoms with Crippen molar-refractivity contribution in [1.29, 1.82) is 0 Å². The molecule has 1 saturated heterocycles. The Morgan fingerprint density at radius 2 is 2.08 bits per heavy atom. The fraction of sp³-hybridized carbons (Fsp3) is 0.471. The van der Waals surface area contributed by atoms with E-state index >= 15 is 0 Å². The SMILES string of the molecule is CC(C)Sc1ncccc1C(=O)N1CCCN(c2nccs2)CC1. The maximum absolute atomic E-state index is 13.0. The highest BCUT2D eigenvalue weighted by Crippen LogP contribution is 2.26. The molecule has 3 rings (SSSR count). The molecule has 1 aliphatic heterocycles. The normalized spacial score (nSPS) is 15.6. The minimum absolute atomic E-state index is 0.0900. The van der Waals surface area contributed by atoms with Crippen molar-refractivity contribution in [3.8, 4) is 0 Å². The average molecular weight is 363 g/mol. The van der Waals surface area contributed by atoms with Crippen LogP contribution in [0, 0.1) is 0 Å². The Morgan fingerprint density at radius 3 is 2.83 bits per heavy atom. The van der Waals surface area contributed by atoms with E-state index in [-0.39, 0.29) is 5.91 Å². The maximum Gasteiger partial charge on any atom is 0.256 e. The van der Waals surface area contributed by atoms with Crippen LogP contribution in [0.15, 0.2) is 34.9 Å². The number of nitrogens with zero attached hydrogens (tertiary/aromatic N) is 4. The Bertz CT molecular complexity index is 675. The Morgan fingerprint density at radius 1 is 1.21 bits per heavy atom. The fourth-order valence-corrected chi connectivity index (χ4v) is 4.27. The molecule has 0 aromatic carbocycles. The van der Waals surface area contributed by atoms with E-state index in [0.717, 1.165) is 48.3 Å². The van der Waals surface area contributed by atoms with Gasteiger partial charge in [0.1, 0.15) is 5.03 Å². The summed E-state index contributed by atoms with van der Waals surface area (Å²) in [6.07, 6.45) is 4.55. The third-order valence-corrected chi connectivity index (χ3v) is 5.67. The molecule has 0 N–H and O–H groups in total. The molecule has 0 aliphatic carbocycles. The number of amides is 1. The summed E-state index contributed by atoms with van der Waals surface area (Å²) < 4.78 is 0. The van der Waals surface area contributed by atoms with Crippen LogP contribution >= 0.6 is 23.1 Å². The molecule has 0 radical (unpaired) electrons. The molecule has 3 heterocycles. The fourth-order valence-electron chi connectivity index (χ4n) is 2.73. The third-order valence-electron chi connectivity index (χ3n) is 3.82. The van der Waals surface area contributed by atoms with Gasteiger partial charge in [0, 0.05) is 49.2 Å². The molecule has 1 fully saturated rings. The Labute approximate surface area is 151 Å². The highest BCUT2D eigenvalue weighted by atomic mass is 32.2. The minimum Gasteiger partial charge on any atom is -0.346 e. The van der Waals surface area contributed by atoms with Gasteiger partial charge < -0.3 is 9.80 Å². The standard InChI is InChI=1S/C17H22N4OS2/c1-13(2)24-15-14(5-3-6-18-15)16(22)20-8-4-9-21(11-10-20)17-19-7-12-23-17/h3,5-7,12-13H,4,8-11H2,1-2H3. The molecule has 0 bridgehead atoms. The molecule has 2 aromatic heterocycles. The summed E-state index contributed by atoms with van der Waals surface area (Å²) in [4.78, 5) is 26.0. The van der Waals surface area contributed by atoms with Crippen LogP contribution in [0.1, 0.15) is 30.6 Å². The number of pyridine rings is 1. The van der Waals surface area contributed by atoms with Gasteiger partial charge in [0.2, 0.25) is 0 Å². The Hall–Kier alpha value is -1.60. The number of carbonyl (C=O) groups excluding carboxylic acids is 1. The predicted molar refractivity (Wildman–Crippen MR) is 100 cm³/mol. The van der Waals surface area contributed by atoms with Gasteiger partial charge in [-0.15, -0.1) is 23.1 Å². The summed E-state index contributed by atoms with van der Waals surface area (Å²) in [6.45, 7) is 7.50. The van der Waals surface area contributed by atoms with Crippen LogP contribution in [-0.2, 0) is 0 Å². The lowest BCUT2D eigenvalue weighted by Crippen LogP contribution is -2.35. The molecular weight excluding hydrogens is 340 g/mol. The highest BCUT2D eigenvalue weighted by molar-refractivity contribution is 7.99. The molecule has 7 heteroatoms. The van der Waals surface area contributed by atoms with Gasteiger partial charge in [-0.05, 0) is 18.6 Å². The van der Waals surface area contributed by atoms with E-state index in [1.54, 1.807) is 29.3 Å². The molecule has 1 aliphatic rings. The van der Waals surface area contributed by atoms with Crippen molar-refractivity contribution >= 4 is 34.1 Å². The number of rotatable bonds is 4. The van der Waals surface area contributed by atoms with Gasteiger partial charge >= 0.3 is 0 Å². The molecule has 5 nitrogen and oxygen atoms in total. The molecule has 0 atom stereocenters. The van der Waals surface area contributed by atoms with Gasteiger partial charge in [-0.2, -0.15) is 0 Å². The first-order valence-electron chi connectivity index (χ1n) is 8.20. The van der Waals surface area contributed by atoms with Crippen molar-refractivity contribution in [3.05, 3.63) is 35.5 Å². The van der Waals surface area contributed by atoms with Crippen molar-refractivity contribution in [3.63, 3.8) is 0 Å². The van der Waals surface area contributed by atoms with Crippen molar-refractivity contribution < 1.29 is 4.79 Å². The lowest BCUT2D eigenvalue weighted by atomic mass is 10.2. The zero-order chi connectivity index (χ0) is 16.9. The van der Waals surface area contributed by atoms with Crippen molar-refractivity contribution in [2.45, 2.75) is 30.5 Å². The highest BCUT2D eigenvalue weighted by Gasteiger charge is 2.23. The van der Waals surface area contributed by atoms with E-state index in [0.29, 0.717) is 5.25 Å². The number of thioether (sulfide) groups is 1. The first-order chi connectivity index (χ1) is 11.6. The van der Waals surface area contributed by atoms with Crippen LogP contribution in [0.2, 0.25) is 0 Å². The minimum atomic E-state index is 0.0900. The second-order valence-electron chi connectivity index (χ2n) is 5.97. The molecule has 1 amide bonds. The quantitative estimate of drug-likeness (QED) is 0.780. The molecule has 0 spiro atoms. The predicted octanol–water partition coefficient (Wildman–Crippen LogP) is 3.39. The smallest absolute Gasteiger partial charge is 0.256 e. The zero-order valence-electron chi connectivity index (χ0n) is 14.0. The molecular formula is C17H22N4OS2. The lowest BCUT2D eigenvalue weighted by Gasteiger charge is -2.22. The topological polar surface area (TPSA) is 49.3 Å². The maximum atomic E-state index is 13.0. The molecule has 0 saturated carbocycles. The molecule has 2 aromatic rings. The van der Waals surface area contributed by atoms with Crippen LogP contribution in [-0.4, -0.2) is 52.2 Å². The van der Waals surface area contributed by atoms with Crippen LogP contribution in [0.4, 0.5) is 5.13 Å². The van der Waals surface area contributed by atoms with Crippen molar-refractivity contribution in [1.82, 2.24) is 14.9 Å². The number of hydrogen-bond donors (Lipinski definition) is 0. The van der Waals surface area contributed by atoms with E-state index in [1.165, 1.54) is 0 Å². The first-order valence-corrected chi connectivity index (χ1v) is 9.96. The van der Waals surface area contributed by atoms with E-state index in [9.17, 15) is 4.79 Å². The van der Waals surface area contributed by atoms with Crippen LogP contribution < -0.4 is 4.90 Å². The van der Waals surface area contributed by atoms with E-state index in [2.05, 4.69) is 28.7 Å².